The second-order valence-electron chi connectivity index (χ2n) is 8.13. The average molecular weight is 424 g/mol. The van der Waals surface area contributed by atoms with E-state index in [1.165, 1.54) is 0 Å². The van der Waals surface area contributed by atoms with Crippen LogP contribution in [0.4, 0.5) is 10.5 Å². The molecule has 0 aliphatic rings. The summed E-state index contributed by atoms with van der Waals surface area (Å²) >= 11 is 0. The number of hydrogen-bond donors (Lipinski definition) is 2. The van der Waals surface area contributed by atoms with E-state index in [1.807, 2.05) is 84.9 Å². The first-order valence-electron chi connectivity index (χ1n) is 10.5. The van der Waals surface area contributed by atoms with Crippen molar-refractivity contribution in [1.82, 2.24) is 0 Å². The number of amides is 1. The molecule has 0 aliphatic heterocycles. The molecular weight excluding hydrogens is 398 g/mol. The molecule has 2 N–H and O–H groups in total. The number of carbonyl (C=O) groups excluding carboxylic acids is 1. The van der Waals surface area contributed by atoms with E-state index in [-0.39, 0.29) is 11.2 Å². The van der Waals surface area contributed by atoms with Crippen molar-refractivity contribution in [1.29, 1.82) is 0 Å². The zero-order valence-corrected chi connectivity index (χ0v) is 18.1. The molecule has 0 bridgehead atoms. The Hall–Kier alpha value is -4.05. The van der Waals surface area contributed by atoms with Gasteiger partial charge in [-0.15, -0.1) is 0 Å². The Kier molecular flexibility index (Phi) is 5.95. The van der Waals surface area contributed by atoms with Gasteiger partial charge in [0.15, 0.2) is 0 Å². The molecule has 4 aromatic carbocycles. The number of rotatable bonds is 5. The maximum atomic E-state index is 12.5. The van der Waals surface area contributed by atoms with E-state index in [4.69, 9.17) is 4.74 Å². The largest absolute Gasteiger partial charge is 0.508 e. The van der Waals surface area contributed by atoms with Crippen LogP contribution in [0.15, 0.2) is 103 Å². The normalized spacial score (nSPS) is 11.1. The van der Waals surface area contributed by atoms with Crippen LogP contribution in [0.1, 0.15) is 25.0 Å². The minimum Gasteiger partial charge on any atom is -0.508 e. The van der Waals surface area contributed by atoms with E-state index >= 15 is 0 Å². The Bertz CT molecular complexity index is 1210. The molecule has 160 valence electrons. The first-order valence-corrected chi connectivity index (χ1v) is 10.5. The summed E-state index contributed by atoms with van der Waals surface area (Å²) in [5.74, 6) is 0.741. The van der Waals surface area contributed by atoms with Crippen LogP contribution in [-0.2, 0) is 5.41 Å². The van der Waals surface area contributed by atoms with Crippen molar-refractivity contribution in [2.75, 3.05) is 5.32 Å². The van der Waals surface area contributed by atoms with Crippen molar-refractivity contribution in [3.05, 3.63) is 114 Å². The molecule has 4 aromatic rings. The van der Waals surface area contributed by atoms with Crippen LogP contribution in [0.3, 0.4) is 0 Å². The molecule has 32 heavy (non-hydrogen) atoms. The summed E-state index contributed by atoms with van der Waals surface area (Å²) in [6.07, 6.45) is -0.548. The molecule has 0 spiro atoms. The predicted molar refractivity (Wildman–Crippen MR) is 128 cm³/mol. The van der Waals surface area contributed by atoms with Crippen molar-refractivity contribution >= 4 is 11.8 Å². The summed E-state index contributed by atoms with van der Waals surface area (Å²) in [6.45, 7) is 4.19. The minimum absolute atomic E-state index is 0.243. The lowest BCUT2D eigenvalue weighted by molar-refractivity contribution is 0.215. The third kappa shape index (κ3) is 4.65. The van der Waals surface area contributed by atoms with Gasteiger partial charge in [0.25, 0.3) is 0 Å². The number of anilines is 1. The third-order valence-corrected chi connectivity index (χ3v) is 5.60. The molecule has 0 aromatic heterocycles. The lowest BCUT2D eigenvalue weighted by Gasteiger charge is -2.26. The van der Waals surface area contributed by atoms with Crippen LogP contribution in [0.5, 0.6) is 11.5 Å². The maximum absolute atomic E-state index is 12.5. The first-order chi connectivity index (χ1) is 15.4. The van der Waals surface area contributed by atoms with Crippen LogP contribution < -0.4 is 10.1 Å². The fraction of sp³-hybridized carbons (Fsp3) is 0.107. The Morgan fingerprint density at radius 2 is 1.47 bits per heavy atom. The first kappa shape index (κ1) is 21.2. The van der Waals surface area contributed by atoms with Crippen LogP contribution in [0, 0.1) is 0 Å². The van der Waals surface area contributed by atoms with Crippen LogP contribution in [0.2, 0.25) is 0 Å². The molecule has 0 saturated heterocycles. The molecule has 4 nitrogen and oxygen atoms in total. The van der Waals surface area contributed by atoms with E-state index < -0.39 is 6.09 Å². The van der Waals surface area contributed by atoms with Crippen molar-refractivity contribution in [3.63, 3.8) is 0 Å². The number of benzene rings is 4. The van der Waals surface area contributed by atoms with Crippen LogP contribution in [0.25, 0.3) is 11.1 Å². The van der Waals surface area contributed by atoms with Gasteiger partial charge in [-0.3, -0.25) is 5.32 Å². The second kappa shape index (κ2) is 8.98. The smallest absolute Gasteiger partial charge is 0.417 e. The van der Waals surface area contributed by atoms with Gasteiger partial charge < -0.3 is 9.84 Å². The standard InChI is InChI=1S/C28H25NO3/c1-28(2,22-11-8-12-24(30)19-22)21-15-17-23(18-16-21)29-27(31)32-26-14-7-6-13-25(26)20-9-4-3-5-10-20/h3-19,30H,1-2H3,(H,29,31). The van der Waals surface area contributed by atoms with Gasteiger partial charge in [-0.2, -0.15) is 0 Å². The molecule has 0 unspecified atom stereocenters. The average Bonchev–Trinajstić information content (AvgIpc) is 2.80. The lowest BCUT2D eigenvalue weighted by atomic mass is 9.78. The fourth-order valence-electron chi connectivity index (χ4n) is 3.69. The molecule has 0 fully saturated rings. The predicted octanol–water partition coefficient (Wildman–Crippen LogP) is 7.00. The summed E-state index contributed by atoms with van der Waals surface area (Å²) in [4.78, 5) is 12.5. The van der Waals surface area contributed by atoms with E-state index in [9.17, 15) is 9.90 Å². The molecule has 0 atom stereocenters. The SMILES string of the molecule is CC(C)(c1ccc(NC(=O)Oc2ccccc2-c2ccccc2)cc1)c1cccc(O)c1. The van der Waals surface area contributed by atoms with E-state index in [0.717, 1.165) is 22.3 Å². The summed E-state index contributed by atoms with van der Waals surface area (Å²) in [5, 5.41) is 12.6. The van der Waals surface area contributed by atoms with Crippen molar-refractivity contribution in [2.45, 2.75) is 19.3 Å². The van der Waals surface area contributed by atoms with Crippen molar-refractivity contribution in [2.24, 2.45) is 0 Å². The zero-order chi connectivity index (χ0) is 22.6. The number of aromatic hydroxyl groups is 1. The van der Waals surface area contributed by atoms with Gasteiger partial charge in [0.2, 0.25) is 0 Å². The maximum Gasteiger partial charge on any atom is 0.417 e. The molecule has 0 saturated carbocycles. The van der Waals surface area contributed by atoms with Gasteiger partial charge >= 0.3 is 6.09 Å². The highest BCUT2D eigenvalue weighted by Crippen LogP contribution is 2.34. The van der Waals surface area contributed by atoms with Crippen molar-refractivity contribution in [3.8, 4) is 22.6 Å². The van der Waals surface area contributed by atoms with Gasteiger partial charge in [-0.05, 0) is 47.0 Å². The quantitative estimate of drug-likeness (QED) is 0.363. The molecular formula is C28H25NO3. The fourth-order valence-corrected chi connectivity index (χ4v) is 3.69. The highest BCUT2D eigenvalue weighted by atomic mass is 16.6. The van der Waals surface area contributed by atoms with Gasteiger partial charge in [0.1, 0.15) is 11.5 Å². The molecule has 0 aliphatic carbocycles. The van der Waals surface area contributed by atoms with Gasteiger partial charge in [0.05, 0.1) is 0 Å². The number of hydrogen-bond acceptors (Lipinski definition) is 3. The van der Waals surface area contributed by atoms with Gasteiger partial charge in [0, 0.05) is 16.7 Å². The molecule has 4 heteroatoms. The number of phenols is 1. The Morgan fingerprint density at radius 3 is 2.19 bits per heavy atom. The number of ether oxygens (including phenoxy) is 1. The number of para-hydroxylation sites is 1. The topological polar surface area (TPSA) is 58.6 Å². The molecule has 4 rings (SSSR count). The highest BCUT2D eigenvalue weighted by molar-refractivity contribution is 5.87. The van der Waals surface area contributed by atoms with Crippen LogP contribution in [-0.4, -0.2) is 11.2 Å². The Morgan fingerprint density at radius 1 is 0.781 bits per heavy atom. The zero-order valence-electron chi connectivity index (χ0n) is 18.1. The summed E-state index contributed by atoms with van der Waals surface area (Å²) in [5.41, 5.74) is 4.25. The van der Waals surface area contributed by atoms with Crippen LogP contribution >= 0.6 is 0 Å². The number of nitrogens with one attached hydrogen (secondary N) is 1. The summed E-state index contributed by atoms with van der Waals surface area (Å²) < 4.78 is 5.61. The third-order valence-electron chi connectivity index (χ3n) is 5.60. The van der Waals surface area contributed by atoms with Gasteiger partial charge in [-0.25, -0.2) is 4.79 Å². The van der Waals surface area contributed by atoms with E-state index in [1.54, 1.807) is 18.2 Å². The van der Waals surface area contributed by atoms with Gasteiger partial charge in [-0.1, -0.05) is 86.6 Å². The Balaban J connectivity index is 1.48. The van der Waals surface area contributed by atoms with E-state index in [0.29, 0.717) is 11.4 Å². The van der Waals surface area contributed by atoms with Crippen molar-refractivity contribution < 1.29 is 14.6 Å². The number of phenolic OH excluding ortho intramolecular Hbond substituents is 1. The second-order valence-corrected chi connectivity index (χ2v) is 8.13. The highest BCUT2D eigenvalue weighted by Gasteiger charge is 2.23. The molecule has 0 radical (unpaired) electrons. The number of carbonyl (C=O) groups is 1. The Labute approximate surface area is 188 Å². The molecule has 0 heterocycles. The molecule has 1 amide bonds. The summed E-state index contributed by atoms with van der Waals surface area (Å²) in [7, 11) is 0. The van der Waals surface area contributed by atoms with E-state index in [2.05, 4.69) is 19.2 Å². The monoisotopic (exact) mass is 423 g/mol. The summed E-state index contributed by atoms with van der Waals surface area (Å²) in [6, 6.07) is 32.2. The lowest BCUT2D eigenvalue weighted by Crippen LogP contribution is -2.19. The minimum atomic E-state index is -0.548.